The summed E-state index contributed by atoms with van der Waals surface area (Å²) in [5, 5.41) is 11.7. The van der Waals surface area contributed by atoms with Gasteiger partial charge in [0, 0.05) is 6.20 Å². The van der Waals surface area contributed by atoms with Gasteiger partial charge in [0.05, 0.1) is 18.0 Å². The van der Waals surface area contributed by atoms with Gasteiger partial charge < -0.3 is 5.32 Å². The zero-order valence-electron chi connectivity index (χ0n) is 8.23. The molecule has 0 saturated heterocycles. The third kappa shape index (κ3) is 1.68. The first-order valence-corrected chi connectivity index (χ1v) is 4.90. The zero-order valence-corrected chi connectivity index (χ0v) is 8.23. The first-order valence-electron chi connectivity index (χ1n) is 4.90. The second-order valence-corrected chi connectivity index (χ2v) is 3.74. The molecule has 1 heterocycles. The average molecular weight is 201 g/mol. The maximum absolute atomic E-state index is 11.8. The molecule has 76 valence electrons. The average Bonchev–Trinajstić information content (AvgIpc) is 2.18. The van der Waals surface area contributed by atoms with Crippen molar-refractivity contribution in [3.8, 4) is 6.07 Å². The van der Waals surface area contributed by atoms with E-state index >= 15 is 0 Å². The molecule has 0 aromatic carbocycles. The lowest BCUT2D eigenvalue weighted by Gasteiger charge is -2.33. The molecule has 15 heavy (non-hydrogen) atoms. The Morgan fingerprint density at radius 1 is 1.60 bits per heavy atom. The van der Waals surface area contributed by atoms with Crippen LogP contribution in [0.25, 0.3) is 0 Å². The molecule has 2 rings (SSSR count). The van der Waals surface area contributed by atoms with Gasteiger partial charge in [-0.15, -0.1) is 0 Å². The number of nitrogens with one attached hydrogen (secondary N) is 1. The Hall–Kier alpha value is -1.89. The van der Waals surface area contributed by atoms with E-state index in [1.807, 2.05) is 0 Å². The second kappa shape index (κ2) is 3.70. The number of nitrogens with zero attached hydrogens (tertiary/aromatic N) is 2. The van der Waals surface area contributed by atoms with Crippen molar-refractivity contribution in [2.45, 2.75) is 19.3 Å². The van der Waals surface area contributed by atoms with Crippen molar-refractivity contribution in [1.82, 2.24) is 4.98 Å². The van der Waals surface area contributed by atoms with Crippen LogP contribution in [0, 0.1) is 16.7 Å². The Morgan fingerprint density at radius 2 is 2.40 bits per heavy atom. The highest BCUT2D eigenvalue weighted by Gasteiger charge is 2.44. The zero-order chi connectivity index (χ0) is 10.7. The molecule has 1 aromatic heterocycles. The van der Waals surface area contributed by atoms with Crippen molar-refractivity contribution < 1.29 is 4.79 Å². The lowest BCUT2D eigenvalue weighted by Crippen LogP contribution is -2.40. The molecule has 0 bridgehead atoms. The Morgan fingerprint density at radius 3 is 2.87 bits per heavy atom. The molecule has 4 heteroatoms. The molecule has 1 aliphatic rings. The van der Waals surface area contributed by atoms with E-state index in [0.717, 1.165) is 6.42 Å². The Labute approximate surface area is 87.9 Å². The van der Waals surface area contributed by atoms with Gasteiger partial charge in [-0.2, -0.15) is 5.26 Å². The summed E-state index contributed by atoms with van der Waals surface area (Å²) in [5.74, 6) is -0.204. The summed E-state index contributed by atoms with van der Waals surface area (Å²) in [6, 6.07) is 5.61. The van der Waals surface area contributed by atoms with Crippen LogP contribution in [0.1, 0.15) is 19.3 Å². The van der Waals surface area contributed by atoms with Gasteiger partial charge in [0.1, 0.15) is 5.41 Å². The first-order chi connectivity index (χ1) is 7.27. The Balaban J connectivity index is 2.08. The van der Waals surface area contributed by atoms with Crippen LogP contribution < -0.4 is 5.32 Å². The topological polar surface area (TPSA) is 65.8 Å². The molecule has 0 radical (unpaired) electrons. The Kier molecular flexibility index (Phi) is 2.38. The molecule has 0 unspecified atom stereocenters. The van der Waals surface area contributed by atoms with Crippen LogP contribution in [0.3, 0.4) is 0 Å². The van der Waals surface area contributed by atoms with Gasteiger partial charge in [-0.3, -0.25) is 9.78 Å². The summed E-state index contributed by atoms with van der Waals surface area (Å²) in [6.45, 7) is 0. The maximum Gasteiger partial charge on any atom is 0.244 e. The van der Waals surface area contributed by atoms with Crippen LogP contribution in [-0.2, 0) is 4.79 Å². The van der Waals surface area contributed by atoms with Gasteiger partial charge in [-0.25, -0.2) is 0 Å². The standard InChI is InChI=1S/C11H11N3O/c12-8-11(4-2-5-11)10(15)14-9-3-1-6-13-7-9/h1,3,6-7H,2,4-5H2,(H,14,15). The van der Waals surface area contributed by atoms with Gasteiger partial charge in [-0.1, -0.05) is 0 Å². The van der Waals surface area contributed by atoms with Gasteiger partial charge >= 0.3 is 0 Å². The number of amides is 1. The van der Waals surface area contributed by atoms with E-state index in [0.29, 0.717) is 18.5 Å². The minimum atomic E-state index is -0.796. The van der Waals surface area contributed by atoms with Gasteiger partial charge in [0.2, 0.25) is 5.91 Å². The van der Waals surface area contributed by atoms with Crippen LogP contribution in [-0.4, -0.2) is 10.9 Å². The van der Waals surface area contributed by atoms with E-state index in [1.54, 1.807) is 24.5 Å². The quantitative estimate of drug-likeness (QED) is 0.792. The summed E-state index contributed by atoms with van der Waals surface area (Å²) < 4.78 is 0. The molecule has 1 saturated carbocycles. The monoisotopic (exact) mass is 201 g/mol. The van der Waals surface area contributed by atoms with E-state index in [1.165, 1.54) is 0 Å². The van der Waals surface area contributed by atoms with E-state index in [2.05, 4.69) is 16.4 Å². The van der Waals surface area contributed by atoms with E-state index in [9.17, 15) is 4.79 Å². The smallest absolute Gasteiger partial charge is 0.244 e. The molecule has 1 N–H and O–H groups in total. The highest BCUT2D eigenvalue weighted by atomic mass is 16.2. The van der Waals surface area contributed by atoms with Crippen molar-refractivity contribution in [3.63, 3.8) is 0 Å². The van der Waals surface area contributed by atoms with Crippen molar-refractivity contribution >= 4 is 11.6 Å². The minimum Gasteiger partial charge on any atom is -0.323 e. The predicted octanol–water partition coefficient (Wildman–Crippen LogP) is 1.71. The van der Waals surface area contributed by atoms with Crippen LogP contribution in [0.4, 0.5) is 5.69 Å². The number of hydrogen-bond acceptors (Lipinski definition) is 3. The lowest BCUT2D eigenvalue weighted by atomic mass is 9.69. The fourth-order valence-electron chi connectivity index (χ4n) is 1.61. The third-order valence-corrected chi connectivity index (χ3v) is 2.78. The van der Waals surface area contributed by atoms with Crippen molar-refractivity contribution in [2.24, 2.45) is 5.41 Å². The molecule has 0 aliphatic heterocycles. The molecule has 4 nitrogen and oxygen atoms in total. The largest absolute Gasteiger partial charge is 0.323 e. The van der Waals surface area contributed by atoms with E-state index in [-0.39, 0.29) is 5.91 Å². The fourth-order valence-corrected chi connectivity index (χ4v) is 1.61. The summed E-state index contributed by atoms with van der Waals surface area (Å²) in [5.41, 5.74) is -0.153. The number of aromatic nitrogens is 1. The van der Waals surface area contributed by atoms with Crippen LogP contribution in [0.15, 0.2) is 24.5 Å². The SMILES string of the molecule is N#CC1(C(=O)Nc2cccnc2)CCC1. The van der Waals surface area contributed by atoms with Crippen LogP contribution >= 0.6 is 0 Å². The summed E-state index contributed by atoms with van der Waals surface area (Å²) in [7, 11) is 0. The molecule has 0 spiro atoms. The van der Waals surface area contributed by atoms with Crippen molar-refractivity contribution in [1.29, 1.82) is 5.26 Å². The van der Waals surface area contributed by atoms with E-state index < -0.39 is 5.41 Å². The number of carbonyl (C=O) groups excluding carboxylic acids is 1. The third-order valence-electron chi connectivity index (χ3n) is 2.78. The summed E-state index contributed by atoms with van der Waals surface area (Å²) >= 11 is 0. The number of carbonyl (C=O) groups is 1. The van der Waals surface area contributed by atoms with Crippen LogP contribution in [0.5, 0.6) is 0 Å². The van der Waals surface area contributed by atoms with Crippen molar-refractivity contribution in [2.75, 3.05) is 5.32 Å². The highest BCUT2D eigenvalue weighted by molar-refractivity contribution is 5.97. The van der Waals surface area contributed by atoms with Gasteiger partial charge in [0.25, 0.3) is 0 Å². The maximum atomic E-state index is 11.8. The first kappa shape index (κ1) is 9.66. The molecule has 1 amide bonds. The van der Waals surface area contributed by atoms with Crippen LogP contribution in [0.2, 0.25) is 0 Å². The van der Waals surface area contributed by atoms with E-state index in [4.69, 9.17) is 5.26 Å². The number of pyridine rings is 1. The lowest BCUT2D eigenvalue weighted by molar-refractivity contribution is -0.126. The van der Waals surface area contributed by atoms with Gasteiger partial charge in [-0.05, 0) is 31.4 Å². The summed E-state index contributed by atoms with van der Waals surface area (Å²) in [4.78, 5) is 15.7. The number of rotatable bonds is 2. The molecule has 1 fully saturated rings. The Bertz CT molecular complexity index is 404. The fraction of sp³-hybridized carbons (Fsp3) is 0.364. The number of nitriles is 1. The molecular formula is C11H11N3O. The minimum absolute atomic E-state index is 0.204. The molecular weight excluding hydrogens is 190 g/mol. The van der Waals surface area contributed by atoms with Crippen molar-refractivity contribution in [3.05, 3.63) is 24.5 Å². The number of hydrogen-bond donors (Lipinski definition) is 1. The van der Waals surface area contributed by atoms with Gasteiger partial charge in [0.15, 0.2) is 0 Å². The number of anilines is 1. The summed E-state index contributed by atoms with van der Waals surface area (Å²) in [6.07, 6.45) is 5.49. The second-order valence-electron chi connectivity index (χ2n) is 3.74. The normalized spacial score (nSPS) is 17.3. The highest BCUT2D eigenvalue weighted by Crippen LogP contribution is 2.41. The molecule has 1 aliphatic carbocycles. The molecule has 1 aromatic rings. The molecule has 0 atom stereocenters. The predicted molar refractivity (Wildman–Crippen MR) is 54.8 cm³/mol.